The Balaban J connectivity index is 3.23. The first-order valence-electron chi connectivity index (χ1n) is 5.53. The van der Waals surface area contributed by atoms with Crippen molar-refractivity contribution in [1.82, 2.24) is 9.78 Å². The molecule has 1 rings (SSSR count). The quantitative estimate of drug-likeness (QED) is 0.775. The number of rotatable bonds is 3. The fourth-order valence-corrected chi connectivity index (χ4v) is 2.52. The third-order valence-electron chi connectivity index (χ3n) is 2.95. The Morgan fingerprint density at radius 3 is 2.50 bits per heavy atom. The van der Waals surface area contributed by atoms with Gasteiger partial charge in [0, 0.05) is 0 Å². The van der Waals surface area contributed by atoms with E-state index in [1.54, 1.807) is 10.7 Å². The molecule has 0 atom stereocenters. The molecule has 0 saturated carbocycles. The summed E-state index contributed by atoms with van der Waals surface area (Å²) in [6, 6.07) is 3.59. The summed E-state index contributed by atoms with van der Waals surface area (Å²) in [5.41, 5.74) is 9.82. The first kappa shape index (κ1) is 14.6. The van der Waals surface area contributed by atoms with Crippen LogP contribution in [0.5, 0.6) is 0 Å². The summed E-state index contributed by atoms with van der Waals surface area (Å²) in [7, 11) is 0. The number of nitrogens with two attached hydrogens (primary N) is 1. The van der Waals surface area contributed by atoms with E-state index in [-0.39, 0.29) is 0 Å². The summed E-state index contributed by atoms with van der Waals surface area (Å²) in [6.45, 7) is 8.23. The first-order valence-corrected chi connectivity index (χ1v) is 7.00. The number of nitrogen functional groups attached to an aromatic ring is 1. The van der Waals surface area contributed by atoms with E-state index in [1.165, 1.54) is 30.5 Å². The van der Waals surface area contributed by atoms with Crippen LogP contribution in [0.2, 0.25) is 0 Å². The van der Waals surface area contributed by atoms with Gasteiger partial charge in [-0.1, -0.05) is 0 Å². The standard InChI is InChI=1S/C13H16N4.W/c1-5-9(2)11(4)10(3)8-17-13(15)6-12(7-14)16-17;/h5-6H,15H2,1-4H3;/b9-5?,11-10-;. The molecule has 1 aromatic heterocycles. The second kappa shape index (κ2) is 5.93. The van der Waals surface area contributed by atoms with Gasteiger partial charge in [0.1, 0.15) is 0 Å². The van der Waals surface area contributed by atoms with Crippen molar-refractivity contribution in [2.45, 2.75) is 27.7 Å². The number of nitriles is 1. The van der Waals surface area contributed by atoms with Crippen LogP contribution >= 0.6 is 0 Å². The van der Waals surface area contributed by atoms with Crippen LogP contribution in [0.3, 0.4) is 0 Å². The zero-order valence-corrected chi connectivity index (χ0v) is 13.9. The van der Waals surface area contributed by atoms with Gasteiger partial charge in [0.05, 0.1) is 0 Å². The van der Waals surface area contributed by atoms with E-state index in [0.29, 0.717) is 11.5 Å². The molecule has 5 heteroatoms. The van der Waals surface area contributed by atoms with Crippen LogP contribution in [-0.4, -0.2) is 13.8 Å². The van der Waals surface area contributed by atoms with Gasteiger partial charge in [-0.05, 0) is 0 Å². The van der Waals surface area contributed by atoms with Crippen molar-refractivity contribution in [2.24, 2.45) is 0 Å². The Morgan fingerprint density at radius 1 is 1.44 bits per heavy atom. The van der Waals surface area contributed by atoms with Gasteiger partial charge in [-0.15, -0.1) is 0 Å². The molecule has 0 bridgehead atoms. The van der Waals surface area contributed by atoms with Gasteiger partial charge in [-0.25, -0.2) is 0 Å². The zero-order chi connectivity index (χ0) is 13.9. The molecular weight excluding hydrogens is 396 g/mol. The monoisotopic (exact) mass is 412 g/mol. The van der Waals surface area contributed by atoms with Crippen LogP contribution in [0, 0.1) is 11.3 Å². The van der Waals surface area contributed by atoms with Crippen molar-refractivity contribution in [1.29, 1.82) is 5.26 Å². The van der Waals surface area contributed by atoms with Crippen molar-refractivity contribution in [2.75, 3.05) is 5.73 Å². The van der Waals surface area contributed by atoms with Crippen LogP contribution in [0.4, 0.5) is 5.82 Å². The van der Waals surface area contributed by atoms with Crippen molar-refractivity contribution < 1.29 is 19.4 Å². The summed E-state index contributed by atoms with van der Waals surface area (Å²) in [5.74, 6) is 0.502. The van der Waals surface area contributed by atoms with Crippen molar-refractivity contribution in [3.8, 4) is 6.07 Å². The molecule has 0 aromatic carbocycles. The third-order valence-corrected chi connectivity index (χ3v) is 4.67. The zero-order valence-electron chi connectivity index (χ0n) is 11.0. The summed E-state index contributed by atoms with van der Waals surface area (Å²) in [6.07, 6.45) is 2.08. The van der Waals surface area contributed by atoms with Crippen molar-refractivity contribution in [3.63, 3.8) is 0 Å². The molecule has 4 nitrogen and oxygen atoms in total. The Kier molecular flexibility index (Phi) is 4.81. The summed E-state index contributed by atoms with van der Waals surface area (Å²) < 4.78 is 2.67. The molecule has 0 fully saturated rings. The molecule has 2 N–H and O–H groups in total. The third kappa shape index (κ3) is 2.86. The van der Waals surface area contributed by atoms with Gasteiger partial charge in [0.2, 0.25) is 0 Å². The van der Waals surface area contributed by atoms with E-state index in [4.69, 9.17) is 11.0 Å². The van der Waals surface area contributed by atoms with Gasteiger partial charge in [0.25, 0.3) is 0 Å². The maximum atomic E-state index is 8.83. The van der Waals surface area contributed by atoms with E-state index in [9.17, 15) is 0 Å². The molecule has 0 aliphatic carbocycles. The van der Waals surface area contributed by atoms with E-state index >= 15 is 0 Å². The van der Waals surface area contributed by atoms with E-state index in [0.717, 1.165) is 9.59 Å². The van der Waals surface area contributed by atoms with Crippen LogP contribution in [-0.2, 0) is 19.4 Å². The van der Waals surface area contributed by atoms with Gasteiger partial charge in [-0.3, -0.25) is 0 Å². The molecule has 0 aliphatic heterocycles. The minimum absolute atomic E-state index is 0.347. The SMILES string of the molecule is CC=C(C)/C(C)=C(/C)[C](=[W])n1nc(C#N)cc1N. The topological polar surface area (TPSA) is 67.6 Å². The van der Waals surface area contributed by atoms with Crippen molar-refractivity contribution >= 4 is 9.84 Å². The molecule has 0 radical (unpaired) electrons. The number of hydrogen-bond acceptors (Lipinski definition) is 3. The fraction of sp³-hybridized carbons (Fsp3) is 0.308. The van der Waals surface area contributed by atoms with Crippen LogP contribution in [0.25, 0.3) is 0 Å². The number of nitrogens with zero attached hydrogens (tertiary/aromatic N) is 3. The second-order valence-corrected chi connectivity index (χ2v) is 5.39. The average Bonchev–Trinajstić information content (AvgIpc) is 2.76. The van der Waals surface area contributed by atoms with Crippen LogP contribution < -0.4 is 5.73 Å². The summed E-state index contributed by atoms with van der Waals surface area (Å²) >= 11 is 1.27. The Bertz CT molecular complexity index is 585. The van der Waals surface area contributed by atoms with Gasteiger partial charge < -0.3 is 0 Å². The minimum atomic E-state index is 0.347. The Morgan fingerprint density at radius 2 is 2.06 bits per heavy atom. The Hall–Kier alpha value is -1.46. The Labute approximate surface area is 118 Å². The van der Waals surface area contributed by atoms with E-state index in [1.807, 2.05) is 13.0 Å². The normalized spacial score (nSPS) is 12.9. The predicted molar refractivity (Wildman–Crippen MR) is 69.6 cm³/mol. The van der Waals surface area contributed by atoms with E-state index in [2.05, 4.69) is 31.9 Å². The van der Waals surface area contributed by atoms with Gasteiger partial charge in [0.15, 0.2) is 0 Å². The summed E-state index contributed by atoms with van der Waals surface area (Å²) in [5, 5.41) is 13.0. The predicted octanol–water partition coefficient (Wildman–Crippen LogP) is 2.16. The van der Waals surface area contributed by atoms with E-state index < -0.39 is 0 Å². The molecule has 1 heterocycles. The molecule has 0 amide bonds. The molecule has 1 aromatic rings. The number of hydrogen-bond donors (Lipinski definition) is 1. The number of aromatic nitrogens is 2. The average molecular weight is 412 g/mol. The molecule has 0 spiro atoms. The fourth-order valence-electron chi connectivity index (χ4n) is 1.44. The molecule has 18 heavy (non-hydrogen) atoms. The molecular formula is C13H16N4W. The maximum absolute atomic E-state index is 8.83. The van der Waals surface area contributed by atoms with Gasteiger partial charge in [-0.2, -0.15) is 0 Å². The van der Waals surface area contributed by atoms with Crippen LogP contribution in [0.1, 0.15) is 33.4 Å². The first-order chi connectivity index (χ1) is 8.42. The molecule has 94 valence electrons. The van der Waals surface area contributed by atoms with Crippen LogP contribution in [0.15, 0.2) is 28.9 Å². The van der Waals surface area contributed by atoms with Crippen molar-refractivity contribution in [3.05, 3.63) is 34.6 Å². The molecule has 0 aliphatic rings. The molecule has 0 saturated heterocycles. The number of anilines is 1. The number of allylic oxidation sites excluding steroid dienone is 4. The summed E-state index contributed by atoms with van der Waals surface area (Å²) in [4.78, 5) is 0. The second-order valence-electron chi connectivity index (χ2n) is 4.00. The van der Waals surface area contributed by atoms with Gasteiger partial charge >= 0.3 is 118 Å². The molecule has 0 unspecified atom stereocenters.